The molecular weight excluding hydrogens is 404 g/mol. The van der Waals surface area contributed by atoms with E-state index in [1.54, 1.807) is 18.2 Å². The molecular formula is C23H19ClN2O4. The second-order valence-corrected chi connectivity index (χ2v) is 7.12. The van der Waals surface area contributed by atoms with E-state index < -0.39 is 0 Å². The number of aromatic hydroxyl groups is 2. The number of benzene rings is 3. The van der Waals surface area contributed by atoms with Crippen molar-refractivity contribution >= 4 is 34.6 Å². The molecule has 0 saturated carbocycles. The van der Waals surface area contributed by atoms with Crippen LogP contribution in [-0.4, -0.2) is 28.5 Å². The van der Waals surface area contributed by atoms with Crippen LogP contribution in [0.15, 0.2) is 57.9 Å². The number of phenols is 2. The van der Waals surface area contributed by atoms with E-state index in [0.717, 1.165) is 17.5 Å². The number of methoxy groups -OCH3 is 1. The summed E-state index contributed by atoms with van der Waals surface area (Å²) < 4.78 is 10.9. The number of halogens is 1. The number of aromatic nitrogens is 1. The summed E-state index contributed by atoms with van der Waals surface area (Å²) in [4.78, 5) is 8.89. The van der Waals surface area contributed by atoms with Crippen LogP contribution in [0.25, 0.3) is 22.6 Å². The minimum Gasteiger partial charge on any atom is -0.507 e. The molecule has 3 aromatic carbocycles. The SMILES string of the molecule is CCc1ccc2oc(-c3cc(N=Cc4cc(Cl)cc(OC)c4O)ccc3O)nc2c1. The Labute approximate surface area is 178 Å². The van der Waals surface area contributed by atoms with Crippen molar-refractivity contribution in [3.63, 3.8) is 0 Å². The van der Waals surface area contributed by atoms with Gasteiger partial charge in [0, 0.05) is 22.9 Å². The van der Waals surface area contributed by atoms with Crippen LogP contribution in [0.1, 0.15) is 18.1 Å². The van der Waals surface area contributed by atoms with Crippen molar-refractivity contribution in [3.05, 3.63) is 64.7 Å². The van der Waals surface area contributed by atoms with E-state index in [2.05, 4.69) is 16.9 Å². The molecule has 6 nitrogen and oxygen atoms in total. The van der Waals surface area contributed by atoms with E-state index in [1.807, 2.05) is 18.2 Å². The maximum Gasteiger partial charge on any atom is 0.231 e. The molecule has 4 rings (SSSR count). The first-order chi connectivity index (χ1) is 14.5. The Morgan fingerprint density at radius 2 is 1.97 bits per heavy atom. The van der Waals surface area contributed by atoms with Crippen LogP contribution in [0.5, 0.6) is 17.2 Å². The monoisotopic (exact) mass is 422 g/mol. The third-order valence-corrected chi connectivity index (χ3v) is 4.93. The molecule has 7 heteroatoms. The highest BCUT2D eigenvalue weighted by Gasteiger charge is 2.14. The second kappa shape index (κ2) is 8.08. The second-order valence-electron chi connectivity index (χ2n) is 6.68. The van der Waals surface area contributed by atoms with Gasteiger partial charge in [-0.1, -0.05) is 24.6 Å². The summed E-state index contributed by atoms with van der Waals surface area (Å²) in [6.45, 7) is 2.07. The van der Waals surface area contributed by atoms with Gasteiger partial charge in [0.05, 0.1) is 18.4 Å². The lowest BCUT2D eigenvalue weighted by Gasteiger charge is -2.06. The van der Waals surface area contributed by atoms with Gasteiger partial charge in [0.25, 0.3) is 0 Å². The Hall–Kier alpha value is -3.51. The molecule has 0 aliphatic heterocycles. The smallest absolute Gasteiger partial charge is 0.231 e. The highest BCUT2D eigenvalue weighted by atomic mass is 35.5. The van der Waals surface area contributed by atoms with Gasteiger partial charge in [-0.3, -0.25) is 4.99 Å². The van der Waals surface area contributed by atoms with E-state index in [0.29, 0.717) is 33.3 Å². The lowest BCUT2D eigenvalue weighted by molar-refractivity contribution is 0.373. The summed E-state index contributed by atoms with van der Waals surface area (Å²) in [7, 11) is 1.45. The summed E-state index contributed by atoms with van der Waals surface area (Å²) in [6, 6.07) is 13.8. The normalized spacial score (nSPS) is 11.4. The third-order valence-electron chi connectivity index (χ3n) is 4.71. The number of hydrogen-bond acceptors (Lipinski definition) is 6. The summed E-state index contributed by atoms with van der Waals surface area (Å²) in [5.41, 5.74) is 3.90. The molecule has 0 radical (unpaired) electrons. The van der Waals surface area contributed by atoms with Gasteiger partial charge < -0.3 is 19.4 Å². The Morgan fingerprint density at radius 1 is 1.13 bits per heavy atom. The van der Waals surface area contributed by atoms with Crippen LogP contribution >= 0.6 is 11.6 Å². The Kier molecular flexibility index (Phi) is 5.33. The number of aryl methyl sites for hydroxylation is 1. The topological polar surface area (TPSA) is 88.1 Å². The van der Waals surface area contributed by atoms with E-state index >= 15 is 0 Å². The zero-order chi connectivity index (χ0) is 21.3. The van der Waals surface area contributed by atoms with Gasteiger partial charge in [-0.05, 0) is 48.4 Å². The summed E-state index contributed by atoms with van der Waals surface area (Å²) >= 11 is 6.06. The number of fused-ring (bicyclic) bond motifs is 1. The Bertz CT molecular complexity index is 1260. The predicted molar refractivity (Wildman–Crippen MR) is 117 cm³/mol. The molecule has 1 aromatic heterocycles. The molecule has 0 saturated heterocycles. The summed E-state index contributed by atoms with van der Waals surface area (Å²) in [5.74, 6) is 0.534. The third kappa shape index (κ3) is 3.82. The molecule has 152 valence electrons. The zero-order valence-electron chi connectivity index (χ0n) is 16.4. The van der Waals surface area contributed by atoms with E-state index in [-0.39, 0.29) is 17.2 Å². The van der Waals surface area contributed by atoms with Gasteiger partial charge >= 0.3 is 0 Å². The molecule has 0 fully saturated rings. The van der Waals surface area contributed by atoms with Gasteiger partial charge in [-0.25, -0.2) is 4.98 Å². The van der Waals surface area contributed by atoms with Crippen molar-refractivity contribution in [1.82, 2.24) is 4.98 Å². The van der Waals surface area contributed by atoms with Crippen molar-refractivity contribution < 1.29 is 19.4 Å². The van der Waals surface area contributed by atoms with Crippen molar-refractivity contribution in [1.29, 1.82) is 0 Å². The number of ether oxygens (including phenoxy) is 1. The first-order valence-electron chi connectivity index (χ1n) is 9.32. The van der Waals surface area contributed by atoms with Crippen LogP contribution in [-0.2, 0) is 6.42 Å². The number of aliphatic imine (C=N–C) groups is 1. The van der Waals surface area contributed by atoms with Crippen LogP contribution < -0.4 is 4.74 Å². The highest BCUT2D eigenvalue weighted by Crippen LogP contribution is 2.35. The molecule has 0 bridgehead atoms. The van der Waals surface area contributed by atoms with Gasteiger partial charge in [-0.15, -0.1) is 0 Å². The fourth-order valence-electron chi connectivity index (χ4n) is 3.08. The molecule has 1 heterocycles. The minimum atomic E-state index is -0.0599. The summed E-state index contributed by atoms with van der Waals surface area (Å²) in [5, 5.41) is 21.0. The average molecular weight is 423 g/mol. The number of phenolic OH excluding ortho intramolecular Hbond substituents is 2. The zero-order valence-corrected chi connectivity index (χ0v) is 17.1. The lowest BCUT2D eigenvalue weighted by atomic mass is 10.1. The van der Waals surface area contributed by atoms with Gasteiger partial charge in [-0.2, -0.15) is 0 Å². The molecule has 0 atom stereocenters. The van der Waals surface area contributed by atoms with Crippen LogP contribution in [0, 0.1) is 0 Å². The van der Waals surface area contributed by atoms with E-state index in [4.69, 9.17) is 20.8 Å². The molecule has 0 aliphatic rings. The van der Waals surface area contributed by atoms with Crippen molar-refractivity contribution in [2.75, 3.05) is 7.11 Å². The molecule has 2 N–H and O–H groups in total. The quantitative estimate of drug-likeness (QED) is 0.392. The molecule has 0 aliphatic carbocycles. The minimum absolute atomic E-state index is 0.0310. The predicted octanol–water partition coefficient (Wildman–Crippen LogP) is 5.88. The molecule has 30 heavy (non-hydrogen) atoms. The Balaban J connectivity index is 1.71. The first-order valence-corrected chi connectivity index (χ1v) is 9.69. The maximum atomic E-state index is 10.3. The number of rotatable bonds is 5. The van der Waals surface area contributed by atoms with Crippen molar-refractivity contribution in [2.24, 2.45) is 4.99 Å². The van der Waals surface area contributed by atoms with Crippen molar-refractivity contribution in [3.8, 4) is 28.7 Å². The first kappa shape index (κ1) is 19.8. The lowest BCUT2D eigenvalue weighted by Crippen LogP contribution is -1.89. The van der Waals surface area contributed by atoms with E-state index in [9.17, 15) is 10.2 Å². The molecule has 0 unspecified atom stereocenters. The molecule has 0 amide bonds. The number of hydrogen-bond donors (Lipinski definition) is 2. The number of nitrogens with zero attached hydrogens (tertiary/aromatic N) is 2. The molecule has 4 aromatic rings. The summed E-state index contributed by atoms with van der Waals surface area (Å²) in [6.07, 6.45) is 2.37. The highest BCUT2D eigenvalue weighted by molar-refractivity contribution is 6.31. The van der Waals surface area contributed by atoms with E-state index in [1.165, 1.54) is 25.5 Å². The largest absolute Gasteiger partial charge is 0.507 e. The van der Waals surface area contributed by atoms with Gasteiger partial charge in [0.2, 0.25) is 5.89 Å². The standard InChI is InChI=1S/C23H19ClN2O4/c1-3-13-4-7-20-18(8-13)26-23(30-20)17-11-16(5-6-19(17)27)25-12-14-9-15(24)10-21(29-2)22(14)28/h4-12,27-28H,3H2,1-2H3. The van der Waals surface area contributed by atoms with Gasteiger partial charge in [0.1, 0.15) is 11.3 Å². The van der Waals surface area contributed by atoms with Crippen LogP contribution in [0.4, 0.5) is 5.69 Å². The number of oxazole rings is 1. The average Bonchev–Trinajstić information content (AvgIpc) is 3.17. The fraction of sp³-hybridized carbons (Fsp3) is 0.130. The van der Waals surface area contributed by atoms with Crippen LogP contribution in [0.2, 0.25) is 5.02 Å². The maximum absolute atomic E-state index is 10.3. The Morgan fingerprint density at radius 3 is 2.73 bits per heavy atom. The van der Waals surface area contributed by atoms with Crippen LogP contribution in [0.3, 0.4) is 0 Å². The molecule has 0 spiro atoms. The van der Waals surface area contributed by atoms with Crippen molar-refractivity contribution in [2.45, 2.75) is 13.3 Å². The fourth-order valence-corrected chi connectivity index (χ4v) is 3.29. The van der Waals surface area contributed by atoms with Gasteiger partial charge in [0.15, 0.2) is 17.1 Å².